The number of aryl methyl sites for hydroxylation is 1. The minimum absolute atomic E-state index is 0.0885. The van der Waals surface area contributed by atoms with E-state index in [9.17, 15) is 9.90 Å². The van der Waals surface area contributed by atoms with Gasteiger partial charge in [-0.3, -0.25) is 0 Å². The molecule has 2 aromatic rings. The van der Waals surface area contributed by atoms with Crippen LogP contribution in [0, 0.1) is 3.57 Å². The molecular weight excluding hydrogens is 509 g/mol. The van der Waals surface area contributed by atoms with Crippen molar-refractivity contribution in [1.29, 1.82) is 0 Å². The summed E-state index contributed by atoms with van der Waals surface area (Å²) in [6, 6.07) is 15.4. The molecule has 1 aliphatic heterocycles. The van der Waals surface area contributed by atoms with Crippen molar-refractivity contribution in [2.75, 3.05) is 19.8 Å². The third-order valence-electron chi connectivity index (χ3n) is 5.05. The lowest BCUT2D eigenvalue weighted by Gasteiger charge is -2.36. The van der Waals surface area contributed by atoms with Gasteiger partial charge in [0.25, 0.3) is 0 Å². The number of hydrogen-bond donors (Lipinski definition) is 1. The Hall–Kier alpha value is -2.00. The SMILES string of the molecule is CC(C)(C)N(C[C@H](O)COc1ccccc1)C(=O)OC[C@H]1CCc2cc(I)ccc2O1. The van der Waals surface area contributed by atoms with Gasteiger partial charge in [-0.2, -0.15) is 0 Å². The molecule has 7 heteroatoms. The van der Waals surface area contributed by atoms with E-state index in [4.69, 9.17) is 14.2 Å². The summed E-state index contributed by atoms with van der Waals surface area (Å²) >= 11 is 2.29. The third kappa shape index (κ3) is 7.00. The van der Waals surface area contributed by atoms with Gasteiger partial charge in [0.2, 0.25) is 0 Å². The number of amides is 1. The predicted octanol–water partition coefficient (Wildman–Crippen LogP) is 4.66. The van der Waals surface area contributed by atoms with Gasteiger partial charge in [0.15, 0.2) is 0 Å². The van der Waals surface area contributed by atoms with Gasteiger partial charge in [0, 0.05) is 9.11 Å². The standard InChI is InChI=1S/C24H30INO5/c1-24(2,3)26(14-19(27)15-29-20-7-5-4-6-8-20)23(28)30-16-21-11-9-17-13-18(25)10-12-22(17)31-21/h4-8,10,12-13,19,21,27H,9,11,14-16H2,1-3H3/t19-,21+/m0/s1. The normalized spacial score (nSPS) is 16.6. The molecule has 0 radical (unpaired) electrons. The fourth-order valence-corrected chi connectivity index (χ4v) is 3.92. The molecule has 0 aliphatic carbocycles. The van der Waals surface area contributed by atoms with E-state index >= 15 is 0 Å². The molecule has 6 nitrogen and oxygen atoms in total. The van der Waals surface area contributed by atoms with Gasteiger partial charge in [-0.05, 0) is 92.1 Å². The van der Waals surface area contributed by atoms with E-state index in [1.807, 2.05) is 63.2 Å². The van der Waals surface area contributed by atoms with Gasteiger partial charge in [0.05, 0.1) is 6.54 Å². The molecule has 0 fully saturated rings. The van der Waals surface area contributed by atoms with Gasteiger partial charge < -0.3 is 24.2 Å². The largest absolute Gasteiger partial charge is 0.491 e. The number of hydrogen-bond acceptors (Lipinski definition) is 5. The summed E-state index contributed by atoms with van der Waals surface area (Å²) in [7, 11) is 0. The highest BCUT2D eigenvalue weighted by Gasteiger charge is 2.31. The zero-order chi connectivity index (χ0) is 22.4. The van der Waals surface area contributed by atoms with Crippen molar-refractivity contribution in [1.82, 2.24) is 4.90 Å². The quantitative estimate of drug-likeness (QED) is 0.519. The van der Waals surface area contributed by atoms with Gasteiger partial charge in [-0.25, -0.2) is 4.79 Å². The van der Waals surface area contributed by atoms with Gasteiger partial charge >= 0.3 is 6.09 Å². The lowest BCUT2D eigenvalue weighted by atomic mass is 10.0. The minimum Gasteiger partial charge on any atom is -0.491 e. The zero-order valence-electron chi connectivity index (χ0n) is 18.2. The second-order valence-electron chi connectivity index (χ2n) is 8.67. The van der Waals surface area contributed by atoms with E-state index in [1.165, 1.54) is 14.0 Å². The van der Waals surface area contributed by atoms with Crippen LogP contribution in [-0.2, 0) is 11.2 Å². The topological polar surface area (TPSA) is 68.2 Å². The van der Waals surface area contributed by atoms with Gasteiger partial charge in [0.1, 0.15) is 36.9 Å². The molecule has 1 N–H and O–H groups in total. The molecule has 0 saturated heterocycles. The number of ether oxygens (including phenoxy) is 3. The van der Waals surface area contributed by atoms with E-state index < -0.39 is 17.7 Å². The fraction of sp³-hybridized carbons (Fsp3) is 0.458. The molecule has 168 valence electrons. The Morgan fingerprint density at radius 2 is 2.00 bits per heavy atom. The molecule has 0 bridgehead atoms. The van der Waals surface area contributed by atoms with Gasteiger partial charge in [-0.1, -0.05) is 18.2 Å². The summed E-state index contributed by atoms with van der Waals surface area (Å²) in [6.45, 7) is 6.11. The van der Waals surface area contributed by atoms with Gasteiger partial charge in [-0.15, -0.1) is 0 Å². The summed E-state index contributed by atoms with van der Waals surface area (Å²) in [6.07, 6.45) is 0.205. The van der Waals surface area contributed by atoms with Crippen molar-refractivity contribution >= 4 is 28.7 Å². The lowest BCUT2D eigenvalue weighted by molar-refractivity contribution is 0.00683. The molecule has 0 unspecified atom stereocenters. The number of fused-ring (bicyclic) bond motifs is 1. The van der Waals surface area contributed by atoms with Crippen LogP contribution in [0.25, 0.3) is 0 Å². The first-order chi connectivity index (χ1) is 14.7. The smallest absolute Gasteiger partial charge is 0.410 e. The maximum atomic E-state index is 12.8. The monoisotopic (exact) mass is 539 g/mol. The zero-order valence-corrected chi connectivity index (χ0v) is 20.4. The molecule has 2 aromatic carbocycles. The Kier molecular flexibility index (Phi) is 8.05. The highest BCUT2D eigenvalue weighted by Crippen LogP contribution is 2.29. The summed E-state index contributed by atoms with van der Waals surface area (Å²) in [5, 5.41) is 10.4. The Bertz CT molecular complexity index is 868. The molecule has 3 rings (SSSR count). The average Bonchev–Trinajstić information content (AvgIpc) is 2.74. The summed E-state index contributed by atoms with van der Waals surface area (Å²) in [5.74, 6) is 1.53. The number of halogens is 1. The van der Waals surface area contributed by atoms with Crippen LogP contribution in [0.2, 0.25) is 0 Å². The first kappa shape index (κ1) is 23.7. The number of aliphatic hydroxyl groups is 1. The fourth-order valence-electron chi connectivity index (χ4n) is 3.37. The number of nitrogens with zero attached hydrogens (tertiary/aromatic N) is 1. The average molecular weight is 539 g/mol. The Labute approximate surface area is 197 Å². The second-order valence-corrected chi connectivity index (χ2v) is 9.91. The maximum Gasteiger partial charge on any atom is 0.410 e. The molecule has 1 heterocycles. The Morgan fingerprint density at radius 3 is 2.71 bits per heavy atom. The number of aliphatic hydroxyl groups excluding tert-OH is 1. The Morgan fingerprint density at radius 1 is 1.26 bits per heavy atom. The number of carbonyl (C=O) groups excluding carboxylic acids is 1. The van der Waals surface area contributed by atoms with E-state index in [1.54, 1.807) is 0 Å². The number of rotatable bonds is 7. The van der Waals surface area contributed by atoms with Crippen LogP contribution >= 0.6 is 22.6 Å². The molecule has 0 saturated carbocycles. The van der Waals surface area contributed by atoms with Crippen LogP contribution in [0.15, 0.2) is 48.5 Å². The van der Waals surface area contributed by atoms with Crippen molar-refractivity contribution in [2.45, 2.75) is 51.4 Å². The molecule has 0 spiro atoms. The number of β-amino-alcohol motifs (C(OH)–C–C–N with tert-alkyl or cyclic N) is 1. The van der Waals surface area contributed by atoms with Crippen molar-refractivity contribution in [2.24, 2.45) is 0 Å². The third-order valence-corrected chi connectivity index (χ3v) is 5.72. The van der Waals surface area contributed by atoms with Crippen molar-refractivity contribution in [3.05, 3.63) is 57.7 Å². The summed E-state index contributed by atoms with van der Waals surface area (Å²) in [4.78, 5) is 14.4. The van der Waals surface area contributed by atoms with Crippen LogP contribution in [0.4, 0.5) is 4.79 Å². The first-order valence-electron chi connectivity index (χ1n) is 10.5. The second kappa shape index (κ2) is 10.5. The molecule has 0 aromatic heterocycles. The Balaban J connectivity index is 1.52. The van der Waals surface area contributed by atoms with E-state index in [2.05, 4.69) is 28.7 Å². The van der Waals surface area contributed by atoms with Crippen molar-refractivity contribution < 1.29 is 24.1 Å². The van der Waals surface area contributed by atoms with E-state index in [-0.39, 0.29) is 25.9 Å². The highest BCUT2D eigenvalue weighted by atomic mass is 127. The number of benzene rings is 2. The number of carbonyl (C=O) groups is 1. The molecule has 31 heavy (non-hydrogen) atoms. The van der Waals surface area contributed by atoms with Crippen LogP contribution in [0.3, 0.4) is 0 Å². The van der Waals surface area contributed by atoms with Crippen molar-refractivity contribution in [3.8, 4) is 11.5 Å². The van der Waals surface area contributed by atoms with Crippen LogP contribution in [0.5, 0.6) is 11.5 Å². The first-order valence-corrected chi connectivity index (χ1v) is 11.6. The van der Waals surface area contributed by atoms with Crippen LogP contribution in [-0.4, -0.2) is 53.6 Å². The summed E-state index contributed by atoms with van der Waals surface area (Å²) in [5.41, 5.74) is 0.675. The molecule has 1 aliphatic rings. The molecule has 2 atom stereocenters. The van der Waals surface area contributed by atoms with Crippen molar-refractivity contribution in [3.63, 3.8) is 0 Å². The summed E-state index contributed by atoms with van der Waals surface area (Å²) < 4.78 is 18.4. The van der Waals surface area contributed by atoms with Crippen LogP contribution < -0.4 is 9.47 Å². The number of para-hydroxylation sites is 1. The molecular formula is C24H30INO5. The highest BCUT2D eigenvalue weighted by molar-refractivity contribution is 14.1. The van der Waals surface area contributed by atoms with E-state index in [0.717, 1.165) is 18.6 Å². The maximum absolute atomic E-state index is 12.8. The van der Waals surface area contributed by atoms with E-state index in [0.29, 0.717) is 5.75 Å². The molecule has 1 amide bonds. The lowest BCUT2D eigenvalue weighted by Crippen LogP contribution is -2.50. The minimum atomic E-state index is -0.840. The predicted molar refractivity (Wildman–Crippen MR) is 128 cm³/mol. The van der Waals surface area contributed by atoms with Crippen LogP contribution in [0.1, 0.15) is 32.8 Å².